The van der Waals surface area contributed by atoms with Crippen LogP contribution in [0, 0.1) is 13.8 Å². The normalized spacial score (nSPS) is 12.0. The van der Waals surface area contributed by atoms with Gasteiger partial charge in [-0.3, -0.25) is 0 Å². The summed E-state index contributed by atoms with van der Waals surface area (Å²) in [6, 6.07) is 13.6. The van der Waals surface area contributed by atoms with Gasteiger partial charge in [-0.2, -0.15) is 0 Å². The summed E-state index contributed by atoms with van der Waals surface area (Å²) < 4.78 is 0. The fourth-order valence-electron chi connectivity index (χ4n) is 3.15. The minimum Gasteiger partial charge on any atom is -0.0617 e. The summed E-state index contributed by atoms with van der Waals surface area (Å²) in [6.45, 7) is 15.9. The van der Waals surface area contributed by atoms with Crippen molar-refractivity contribution in [3.63, 3.8) is 0 Å². The number of aryl methyl sites for hydroxylation is 2. The maximum Gasteiger partial charge on any atom is -0.0120 e. The predicted molar refractivity (Wildman–Crippen MR) is 94.1 cm³/mol. The second-order valence-electron chi connectivity index (χ2n) is 7.47. The first kappa shape index (κ1) is 15.8. The fourth-order valence-corrected chi connectivity index (χ4v) is 3.15. The minimum atomic E-state index is 0.181. The quantitative estimate of drug-likeness (QED) is 0.597. The Morgan fingerprint density at radius 2 is 1.52 bits per heavy atom. The lowest BCUT2D eigenvalue weighted by atomic mass is 9.81. The highest BCUT2D eigenvalue weighted by Crippen LogP contribution is 2.35. The van der Waals surface area contributed by atoms with Crippen molar-refractivity contribution in [1.82, 2.24) is 0 Å². The zero-order valence-corrected chi connectivity index (χ0v) is 14.5. The van der Waals surface area contributed by atoms with Crippen molar-refractivity contribution in [2.75, 3.05) is 0 Å². The molecule has 0 saturated heterocycles. The van der Waals surface area contributed by atoms with Crippen LogP contribution in [-0.2, 0) is 5.41 Å². The van der Waals surface area contributed by atoms with Gasteiger partial charge >= 0.3 is 0 Å². The molecule has 0 N–H and O–H groups in total. The van der Waals surface area contributed by atoms with Crippen LogP contribution in [0.25, 0.3) is 11.1 Å². The molecule has 0 aliphatic carbocycles. The Morgan fingerprint density at radius 3 is 2.10 bits per heavy atom. The summed E-state index contributed by atoms with van der Waals surface area (Å²) in [4.78, 5) is 0. The molecular formula is C21H28. The van der Waals surface area contributed by atoms with Gasteiger partial charge in [0.05, 0.1) is 0 Å². The van der Waals surface area contributed by atoms with Crippen LogP contribution in [-0.4, -0.2) is 0 Å². The maximum absolute atomic E-state index is 2.39. The van der Waals surface area contributed by atoms with Gasteiger partial charge in [0.1, 0.15) is 0 Å². The summed E-state index contributed by atoms with van der Waals surface area (Å²) in [5, 5.41) is 0. The topological polar surface area (TPSA) is 0 Å². The molecule has 0 atom stereocenters. The van der Waals surface area contributed by atoms with Gasteiger partial charge in [0.2, 0.25) is 0 Å². The van der Waals surface area contributed by atoms with Crippen LogP contribution in [0.5, 0.6) is 0 Å². The van der Waals surface area contributed by atoms with Gasteiger partial charge in [-0.15, -0.1) is 0 Å². The Kier molecular flexibility index (Phi) is 4.27. The van der Waals surface area contributed by atoms with Crippen LogP contribution in [0.15, 0.2) is 36.4 Å². The van der Waals surface area contributed by atoms with E-state index in [-0.39, 0.29) is 5.41 Å². The van der Waals surface area contributed by atoms with Gasteiger partial charge in [0.15, 0.2) is 0 Å². The zero-order chi connectivity index (χ0) is 15.8. The zero-order valence-electron chi connectivity index (χ0n) is 14.5. The second-order valence-corrected chi connectivity index (χ2v) is 7.47. The van der Waals surface area contributed by atoms with Crippen molar-refractivity contribution in [3.05, 3.63) is 58.7 Å². The molecule has 0 saturated carbocycles. The van der Waals surface area contributed by atoms with Crippen molar-refractivity contribution in [3.8, 4) is 11.1 Å². The van der Waals surface area contributed by atoms with E-state index >= 15 is 0 Å². The third-order valence-corrected chi connectivity index (χ3v) is 4.26. The molecule has 0 heterocycles. The van der Waals surface area contributed by atoms with Gasteiger partial charge in [0.25, 0.3) is 0 Å². The highest BCUT2D eigenvalue weighted by Gasteiger charge is 2.18. The molecule has 0 nitrogen and oxygen atoms in total. The van der Waals surface area contributed by atoms with Gasteiger partial charge in [0, 0.05) is 0 Å². The van der Waals surface area contributed by atoms with E-state index in [0.29, 0.717) is 5.92 Å². The van der Waals surface area contributed by atoms with Crippen LogP contribution in [0.4, 0.5) is 0 Å². The van der Waals surface area contributed by atoms with Crippen LogP contribution in [0.3, 0.4) is 0 Å². The van der Waals surface area contributed by atoms with E-state index in [1.54, 1.807) is 0 Å². The van der Waals surface area contributed by atoms with Gasteiger partial charge in [-0.25, -0.2) is 0 Å². The smallest absolute Gasteiger partial charge is 0.0120 e. The first-order valence-corrected chi connectivity index (χ1v) is 7.93. The summed E-state index contributed by atoms with van der Waals surface area (Å²) in [5.41, 5.74) is 8.58. The van der Waals surface area contributed by atoms with Crippen molar-refractivity contribution >= 4 is 0 Å². The average molecular weight is 280 g/mol. The van der Waals surface area contributed by atoms with E-state index < -0.39 is 0 Å². The van der Waals surface area contributed by atoms with E-state index in [4.69, 9.17) is 0 Å². The van der Waals surface area contributed by atoms with Crippen LogP contribution >= 0.6 is 0 Å². The average Bonchev–Trinajstić information content (AvgIpc) is 2.38. The lowest BCUT2D eigenvalue weighted by molar-refractivity contribution is 0.586. The largest absolute Gasteiger partial charge is 0.0617 e. The van der Waals surface area contributed by atoms with E-state index in [9.17, 15) is 0 Å². The lowest BCUT2D eigenvalue weighted by Gasteiger charge is -2.24. The first-order chi connectivity index (χ1) is 9.71. The molecule has 0 unspecified atom stereocenters. The highest BCUT2D eigenvalue weighted by molar-refractivity contribution is 5.72. The minimum absolute atomic E-state index is 0.181. The second kappa shape index (κ2) is 5.67. The molecule has 2 aromatic carbocycles. The molecule has 21 heavy (non-hydrogen) atoms. The Hall–Kier alpha value is -1.56. The molecule has 0 aromatic heterocycles. The molecular weight excluding hydrogens is 252 g/mol. The SMILES string of the molecule is Cc1ccc(-c2c(C)cccc2C(C)C)cc1C(C)(C)C. The van der Waals surface area contributed by atoms with Crippen molar-refractivity contribution in [2.45, 2.75) is 59.8 Å². The third-order valence-electron chi connectivity index (χ3n) is 4.26. The monoisotopic (exact) mass is 280 g/mol. The standard InChI is InChI=1S/C21H28/c1-14(2)18-10-8-9-16(4)20(18)17-12-11-15(3)19(13-17)21(5,6)7/h8-14H,1-7H3. The number of hydrogen-bond acceptors (Lipinski definition) is 0. The number of rotatable bonds is 2. The van der Waals surface area contributed by atoms with Gasteiger partial charge < -0.3 is 0 Å². The summed E-state index contributed by atoms with van der Waals surface area (Å²) in [5.74, 6) is 0.541. The highest BCUT2D eigenvalue weighted by atomic mass is 14.2. The van der Waals surface area contributed by atoms with Gasteiger partial charge in [-0.1, -0.05) is 71.0 Å². The number of benzene rings is 2. The van der Waals surface area contributed by atoms with E-state index in [1.807, 2.05) is 0 Å². The van der Waals surface area contributed by atoms with Crippen molar-refractivity contribution < 1.29 is 0 Å². The molecule has 112 valence electrons. The molecule has 0 bridgehead atoms. The molecule has 0 fully saturated rings. The van der Waals surface area contributed by atoms with Crippen molar-refractivity contribution in [2.24, 2.45) is 0 Å². The van der Waals surface area contributed by atoms with Gasteiger partial charge in [-0.05, 0) is 58.6 Å². The van der Waals surface area contributed by atoms with E-state index in [2.05, 4.69) is 84.9 Å². The maximum atomic E-state index is 2.39. The van der Waals surface area contributed by atoms with Crippen LogP contribution in [0.2, 0.25) is 0 Å². The summed E-state index contributed by atoms with van der Waals surface area (Å²) in [7, 11) is 0. The Balaban J connectivity index is 2.69. The molecule has 0 heteroatoms. The number of hydrogen-bond donors (Lipinski definition) is 0. The molecule has 2 rings (SSSR count). The van der Waals surface area contributed by atoms with Crippen molar-refractivity contribution in [1.29, 1.82) is 0 Å². The first-order valence-electron chi connectivity index (χ1n) is 7.93. The Labute approximate surface area is 130 Å². The van der Waals surface area contributed by atoms with E-state index in [0.717, 1.165) is 0 Å². The Morgan fingerprint density at radius 1 is 0.857 bits per heavy atom. The summed E-state index contributed by atoms with van der Waals surface area (Å²) >= 11 is 0. The molecule has 0 radical (unpaired) electrons. The third kappa shape index (κ3) is 3.20. The Bertz CT molecular complexity index is 640. The molecule has 0 aliphatic heterocycles. The van der Waals surface area contributed by atoms with E-state index in [1.165, 1.54) is 33.4 Å². The molecule has 0 spiro atoms. The summed E-state index contributed by atoms with van der Waals surface area (Å²) in [6.07, 6.45) is 0. The fraction of sp³-hybridized carbons (Fsp3) is 0.429. The molecule has 2 aromatic rings. The van der Waals surface area contributed by atoms with Crippen LogP contribution in [0.1, 0.15) is 62.8 Å². The molecule has 0 aliphatic rings. The lowest BCUT2D eigenvalue weighted by Crippen LogP contribution is -2.13. The molecule has 0 amide bonds. The predicted octanol–water partition coefficient (Wildman–Crippen LogP) is 6.39. The van der Waals surface area contributed by atoms with Crippen LogP contribution < -0.4 is 0 Å².